The van der Waals surface area contributed by atoms with Gasteiger partial charge in [-0.3, -0.25) is 4.79 Å². The standard InChI is InChI=1S/C35H44N4O2/c1-4-38(24-26-18-20-39(21-19-26)35(41)36-25(2)3)33-17-15-29-14-16-32(22-31(29)23-33)37-34(40)30-12-10-28(11-13-30)27-8-6-5-7-9-27/h5-14,16,22,25-26,33H,4,15,17-21,23-24H2,1-3H3,(H,36,41)(H,37,40). The highest BCUT2D eigenvalue weighted by atomic mass is 16.2. The second-order valence-electron chi connectivity index (χ2n) is 11.9. The van der Waals surface area contributed by atoms with Gasteiger partial charge < -0.3 is 20.4 Å². The lowest BCUT2D eigenvalue weighted by Crippen LogP contribution is -2.48. The van der Waals surface area contributed by atoms with Crippen LogP contribution in [0.25, 0.3) is 11.1 Å². The van der Waals surface area contributed by atoms with Gasteiger partial charge in [-0.15, -0.1) is 0 Å². The van der Waals surface area contributed by atoms with Crippen LogP contribution in [0.1, 0.15) is 61.5 Å². The molecule has 1 aliphatic heterocycles. The van der Waals surface area contributed by atoms with Gasteiger partial charge >= 0.3 is 6.03 Å². The molecule has 1 fully saturated rings. The van der Waals surface area contributed by atoms with E-state index in [4.69, 9.17) is 0 Å². The van der Waals surface area contributed by atoms with Crippen LogP contribution in [-0.4, -0.2) is 60.0 Å². The SMILES string of the molecule is CCN(CC1CCN(C(=O)NC(C)C)CC1)C1CCc2ccc(NC(=O)c3ccc(-c4ccccc4)cc3)cc2C1. The molecule has 1 aliphatic carbocycles. The summed E-state index contributed by atoms with van der Waals surface area (Å²) < 4.78 is 0. The molecule has 1 heterocycles. The Kier molecular flexibility index (Phi) is 9.40. The Bertz CT molecular complexity index is 1310. The van der Waals surface area contributed by atoms with Crippen molar-refractivity contribution in [1.29, 1.82) is 0 Å². The lowest BCUT2D eigenvalue weighted by Gasteiger charge is -2.39. The highest BCUT2D eigenvalue weighted by molar-refractivity contribution is 6.04. The number of likely N-dealkylation sites (tertiary alicyclic amines) is 1. The molecule has 1 saturated heterocycles. The Morgan fingerprint density at radius 3 is 2.29 bits per heavy atom. The zero-order valence-electron chi connectivity index (χ0n) is 24.7. The average Bonchev–Trinajstić information content (AvgIpc) is 3.00. The van der Waals surface area contributed by atoms with Crippen molar-refractivity contribution in [2.75, 3.05) is 31.5 Å². The minimum atomic E-state index is -0.0828. The molecule has 1 atom stereocenters. The molecule has 0 aromatic heterocycles. The fourth-order valence-corrected chi connectivity index (χ4v) is 6.30. The van der Waals surface area contributed by atoms with E-state index in [1.807, 2.05) is 67.3 Å². The van der Waals surface area contributed by atoms with Crippen molar-refractivity contribution >= 4 is 17.6 Å². The van der Waals surface area contributed by atoms with Crippen LogP contribution in [0.15, 0.2) is 72.8 Å². The summed E-state index contributed by atoms with van der Waals surface area (Å²) in [6, 6.07) is 25.2. The highest BCUT2D eigenvalue weighted by Gasteiger charge is 2.28. The van der Waals surface area contributed by atoms with Gasteiger partial charge in [0.2, 0.25) is 0 Å². The molecule has 0 bridgehead atoms. The molecule has 6 heteroatoms. The van der Waals surface area contributed by atoms with Crippen molar-refractivity contribution in [3.63, 3.8) is 0 Å². The van der Waals surface area contributed by atoms with Crippen LogP contribution < -0.4 is 10.6 Å². The molecule has 3 aromatic rings. The normalized spacial score (nSPS) is 17.4. The van der Waals surface area contributed by atoms with Gasteiger partial charge in [0, 0.05) is 43.0 Å². The predicted molar refractivity (Wildman–Crippen MR) is 167 cm³/mol. The number of hydrogen-bond acceptors (Lipinski definition) is 3. The third-order valence-corrected chi connectivity index (χ3v) is 8.65. The minimum absolute atomic E-state index is 0.0711. The number of aryl methyl sites for hydroxylation is 1. The first kappa shape index (κ1) is 28.9. The Morgan fingerprint density at radius 2 is 1.61 bits per heavy atom. The maximum atomic E-state index is 13.0. The lowest BCUT2D eigenvalue weighted by molar-refractivity contribution is 0.102. The molecule has 3 amide bonds. The van der Waals surface area contributed by atoms with Gasteiger partial charge in [-0.2, -0.15) is 0 Å². The molecule has 41 heavy (non-hydrogen) atoms. The summed E-state index contributed by atoms with van der Waals surface area (Å²) in [4.78, 5) is 30.0. The number of carbonyl (C=O) groups excluding carboxylic acids is 2. The maximum Gasteiger partial charge on any atom is 0.317 e. The number of piperidine rings is 1. The van der Waals surface area contributed by atoms with Gasteiger partial charge in [-0.05, 0) is 105 Å². The molecule has 2 aliphatic rings. The number of carbonyl (C=O) groups is 2. The van der Waals surface area contributed by atoms with Gasteiger partial charge in [0.15, 0.2) is 0 Å². The molecule has 0 spiro atoms. The average molecular weight is 553 g/mol. The van der Waals surface area contributed by atoms with Gasteiger partial charge in [0.25, 0.3) is 5.91 Å². The van der Waals surface area contributed by atoms with E-state index in [0.717, 1.165) is 75.1 Å². The van der Waals surface area contributed by atoms with E-state index < -0.39 is 0 Å². The fourth-order valence-electron chi connectivity index (χ4n) is 6.30. The molecule has 3 aromatic carbocycles. The minimum Gasteiger partial charge on any atom is -0.336 e. The number of benzene rings is 3. The maximum absolute atomic E-state index is 13.0. The number of nitrogens with zero attached hydrogens (tertiary/aromatic N) is 2. The summed E-state index contributed by atoms with van der Waals surface area (Å²) in [5.74, 6) is 0.541. The molecule has 0 radical (unpaired) electrons. The second kappa shape index (κ2) is 13.3. The van der Waals surface area contributed by atoms with E-state index in [1.165, 1.54) is 11.1 Å². The first-order chi connectivity index (χ1) is 19.9. The van der Waals surface area contributed by atoms with Crippen LogP contribution in [0, 0.1) is 5.92 Å². The number of anilines is 1. The summed E-state index contributed by atoms with van der Waals surface area (Å²) in [7, 11) is 0. The smallest absolute Gasteiger partial charge is 0.317 e. The van der Waals surface area contributed by atoms with Crippen LogP contribution in [0.5, 0.6) is 0 Å². The Balaban J connectivity index is 1.17. The molecule has 2 N–H and O–H groups in total. The lowest BCUT2D eigenvalue weighted by atomic mass is 9.86. The molecule has 216 valence electrons. The number of nitrogens with one attached hydrogen (secondary N) is 2. The molecular weight excluding hydrogens is 508 g/mol. The van der Waals surface area contributed by atoms with E-state index in [9.17, 15) is 9.59 Å². The summed E-state index contributed by atoms with van der Waals surface area (Å²) in [5, 5.41) is 6.15. The van der Waals surface area contributed by atoms with Gasteiger partial charge in [-0.1, -0.05) is 55.5 Å². The number of fused-ring (bicyclic) bond motifs is 1. The summed E-state index contributed by atoms with van der Waals surface area (Å²) >= 11 is 0. The van der Waals surface area contributed by atoms with E-state index in [0.29, 0.717) is 17.5 Å². The zero-order chi connectivity index (χ0) is 28.8. The molecule has 6 nitrogen and oxygen atoms in total. The van der Waals surface area contributed by atoms with Gasteiger partial charge in [0.05, 0.1) is 0 Å². The first-order valence-electron chi connectivity index (χ1n) is 15.3. The number of urea groups is 1. The van der Waals surface area contributed by atoms with E-state index in [-0.39, 0.29) is 18.0 Å². The van der Waals surface area contributed by atoms with Gasteiger partial charge in [0.1, 0.15) is 0 Å². The van der Waals surface area contributed by atoms with E-state index in [2.05, 4.69) is 46.7 Å². The molecular formula is C35H44N4O2. The van der Waals surface area contributed by atoms with Crippen LogP contribution in [0.2, 0.25) is 0 Å². The predicted octanol–water partition coefficient (Wildman–Crippen LogP) is 6.62. The topological polar surface area (TPSA) is 64.7 Å². The Hall–Kier alpha value is -3.64. The van der Waals surface area contributed by atoms with Crippen LogP contribution in [0.3, 0.4) is 0 Å². The van der Waals surface area contributed by atoms with Crippen LogP contribution >= 0.6 is 0 Å². The number of amides is 3. The summed E-state index contributed by atoms with van der Waals surface area (Å²) in [5.41, 5.74) is 6.50. The van der Waals surface area contributed by atoms with Crippen molar-refractivity contribution < 1.29 is 9.59 Å². The van der Waals surface area contributed by atoms with Crippen molar-refractivity contribution in [2.24, 2.45) is 5.92 Å². The van der Waals surface area contributed by atoms with E-state index in [1.54, 1.807) is 0 Å². The quantitative estimate of drug-likeness (QED) is 0.330. The van der Waals surface area contributed by atoms with E-state index >= 15 is 0 Å². The van der Waals surface area contributed by atoms with Crippen molar-refractivity contribution in [1.82, 2.24) is 15.1 Å². The highest BCUT2D eigenvalue weighted by Crippen LogP contribution is 2.29. The van der Waals surface area contributed by atoms with Crippen molar-refractivity contribution in [3.8, 4) is 11.1 Å². The number of likely N-dealkylation sites (N-methyl/N-ethyl adjacent to an activating group) is 1. The van der Waals surface area contributed by atoms with Gasteiger partial charge in [-0.25, -0.2) is 4.79 Å². The monoisotopic (exact) mass is 552 g/mol. The summed E-state index contributed by atoms with van der Waals surface area (Å²) in [6.07, 6.45) is 5.37. The van der Waals surface area contributed by atoms with Crippen molar-refractivity contribution in [2.45, 2.75) is 65.0 Å². The Labute approximate surface area is 245 Å². The third-order valence-electron chi connectivity index (χ3n) is 8.65. The summed E-state index contributed by atoms with van der Waals surface area (Å²) in [6.45, 7) is 10.1. The number of hydrogen-bond donors (Lipinski definition) is 2. The third kappa shape index (κ3) is 7.36. The zero-order valence-corrected chi connectivity index (χ0v) is 24.7. The number of rotatable bonds is 8. The van der Waals surface area contributed by atoms with Crippen LogP contribution in [-0.2, 0) is 12.8 Å². The molecule has 5 rings (SSSR count). The fraction of sp³-hybridized carbons (Fsp3) is 0.429. The second-order valence-corrected chi connectivity index (χ2v) is 11.9. The largest absolute Gasteiger partial charge is 0.336 e. The molecule has 0 saturated carbocycles. The van der Waals surface area contributed by atoms with Crippen molar-refractivity contribution in [3.05, 3.63) is 89.5 Å². The molecule has 1 unspecified atom stereocenters. The Morgan fingerprint density at radius 1 is 0.902 bits per heavy atom. The first-order valence-corrected chi connectivity index (χ1v) is 15.3. The van der Waals surface area contributed by atoms with Crippen LogP contribution in [0.4, 0.5) is 10.5 Å².